The van der Waals surface area contributed by atoms with E-state index in [1.54, 1.807) is 0 Å². The highest BCUT2D eigenvalue weighted by atomic mass is 16.5. The summed E-state index contributed by atoms with van der Waals surface area (Å²) in [5, 5.41) is 3.88. The van der Waals surface area contributed by atoms with Gasteiger partial charge in [-0.3, -0.25) is 0 Å². The quantitative estimate of drug-likeness (QED) is 0.829. The van der Waals surface area contributed by atoms with E-state index < -0.39 is 0 Å². The van der Waals surface area contributed by atoms with Crippen LogP contribution in [0.5, 0.6) is 0 Å². The Kier molecular flexibility index (Phi) is 4.91. The van der Waals surface area contributed by atoms with E-state index in [-0.39, 0.29) is 5.41 Å². The molecule has 1 heterocycles. The minimum Gasteiger partial charge on any atom is -0.381 e. The van der Waals surface area contributed by atoms with Gasteiger partial charge in [0.15, 0.2) is 0 Å². The van der Waals surface area contributed by atoms with Gasteiger partial charge in [-0.15, -0.1) is 0 Å². The van der Waals surface area contributed by atoms with Gasteiger partial charge in [-0.05, 0) is 45.2 Å². The normalized spacial score (nSPS) is 36.8. The average Bonchev–Trinajstić information content (AvgIpc) is 2.42. The second kappa shape index (κ2) is 6.11. The molecule has 1 N–H and O–H groups in total. The molecule has 19 heavy (non-hydrogen) atoms. The Morgan fingerprint density at radius 2 is 2.16 bits per heavy atom. The van der Waals surface area contributed by atoms with Crippen molar-refractivity contribution in [2.75, 3.05) is 26.7 Å². The number of ether oxygens (including phenoxy) is 1. The van der Waals surface area contributed by atoms with Crippen LogP contribution in [0.3, 0.4) is 0 Å². The van der Waals surface area contributed by atoms with E-state index in [0.717, 1.165) is 12.3 Å². The third kappa shape index (κ3) is 3.14. The Labute approximate surface area is 119 Å². The van der Waals surface area contributed by atoms with Crippen LogP contribution in [0.2, 0.25) is 0 Å². The molecule has 4 atom stereocenters. The molecule has 3 heteroatoms. The van der Waals surface area contributed by atoms with Crippen molar-refractivity contribution in [3.8, 4) is 0 Å². The molecule has 0 bridgehead atoms. The van der Waals surface area contributed by atoms with Gasteiger partial charge in [0.2, 0.25) is 0 Å². The average molecular weight is 268 g/mol. The van der Waals surface area contributed by atoms with Gasteiger partial charge in [0.25, 0.3) is 0 Å². The van der Waals surface area contributed by atoms with Crippen LogP contribution in [0.25, 0.3) is 0 Å². The molecule has 1 aliphatic heterocycles. The van der Waals surface area contributed by atoms with E-state index in [9.17, 15) is 0 Å². The molecule has 2 aliphatic rings. The molecule has 0 aromatic rings. The molecule has 0 aromatic heterocycles. The van der Waals surface area contributed by atoms with Crippen molar-refractivity contribution in [1.82, 2.24) is 10.2 Å². The number of hydrogen-bond donors (Lipinski definition) is 1. The Balaban J connectivity index is 1.83. The smallest absolute Gasteiger partial charge is 0.0652 e. The van der Waals surface area contributed by atoms with Gasteiger partial charge in [-0.25, -0.2) is 0 Å². The minimum atomic E-state index is 0.280. The van der Waals surface area contributed by atoms with Crippen LogP contribution in [0.1, 0.15) is 47.0 Å². The first-order valence-electron chi connectivity index (χ1n) is 8.00. The van der Waals surface area contributed by atoms with Gasteiger partial charge in [0.05, 0.1) is 6.10 Å². The summed E-state index contributed by atoms with van der Waals surface area (Å²) < 4.78 is 5.54. The molecular formula is C16H32N2O. The molecule has 2 fully saturated rings. The lowest BCUT2D eigenvalue weighted by Gasteiger charge is -2.53. The van der Waals surface area contributed by atoms with Crippen LogP contribution in [-0.2, 0) is 4.74 Å². The molecule has 4 unspecified atom stereocenters. The fourth-order valence-electron chi connectivity index (χ4n) is 3.81. The summed E-state index contributed by atoms with van der Waals surface area (Å²) in [6.45, 7) is 13.1. The first kappa shape index (κ1) is 15.3. The maximum atomic E-state index is 5.54. The van der Waals surface area contributed by atoms with Crippen LogP contribution >= 0.6 is 0 Å². The van der Waals surface area contributed by atoms with Crippen LogP contribution in [0.15, 0.2) is 0 Å². The highest BCUT2D eigenvalue weighted by Gasteiger charge is 2.49. The van der Waals surface area contributed by atoms with Gasteiger partial charge < -0.3 is 15.0 Å². The molecule has 0 amide bonds. The lowest BCUT2D eigenvalue weighted by atomic mass is 9.64. The Hall–Kier alpha value is -0.120. The fourth-order valence-corrected chi connectivity index (χ4v) is 3.81. The SMILES string of the molecule is CCN1CCCC(C(C)NC2CC(OC)C2(C)C)C1. The molecule has 2 rings (SSSR count). The molecule has 112 valence electrons. The first-order valence-corrected chi connectivity index (χ1v) is 8.00. The van der Waals surface area contributed by atoms with Gasteiger partial charge in [-0.1, -0.05) is 20.8 Å². The summed E-state index contributed by atoms with van der Waals surface area (Å²) >= 11 is 0. The van der Waals surface area contributed by atoms with Crippen molar-refractivity contribution in [3.05, 3.63) is 0 Å². The highest BCUT2D eigenvalue weighted by molar-refractivity contribution is 5.03. The molecule has 1 saturated carbocycles. The van der Waals surface area contributed by atoms with Gasteiger partial charge in [0.1, 0.15) is 0 Å². The zero-order valence-corrected chi connectivity index (χ0v) is 13.4. The summed E-state index contributed by atoms with van der Waals surface area (Å²) in [6.07, 6.45) is 4.33. The zero-order valence-electron chi connectivity index (χ0n) is 13.4. The third-order valence-electron chi connectivity index (χ3n) is 5.62. The molecular weight excluding hydrogens is 236 g/mol. The minimum absolute atomic E-state index is 0.280. The van der Waals surface area contributed by atoms with E-state index in [0.29, 0.717) is 18.2 Å². The van der Waals surface area contributed by atoms with Crippen LogP contribution < -0.4 is 5.32 Å². The van der Waals surface area contributed by atoms with Crippen molar-refractivity contribution in [2.24, 2.45) is 11.3 Å². The van der Waals surface area contributed by atoms with Crippen molar-refractivity contribution < 1.29 is 4.74 Å². The number of methoxy groups -OCH3 is 1. The first-order chi connectivity index (χ1) is 8.98. The molecule has 0 spiro atoms. The molecule has 3 nitrogen and oxygen atoms in total. The number of hydrogen-bond acceptors (Lipinski definition) is 3. The topological polar surface area (TPSA) is 24.5 Å². The molecule has 1 saturated heterocycles. The number of nitrogens with one attached hydrogen (secondary N) is 1. The van der Waals surface area contributed by atoms with Gasteiger partial charge >= 0.3 is 0 Å². The maximum absolute atomic E-state index is 5.54. The van der Waals surface area contributed by atoms with Crippen LogP contribution in [0, 0.1) is 11.3 Å². The van der Waals surface area contributed by atoms with Crippen LogP contribution in [-0.4, -0.2) is 49.8 Å². The zero-order chi connectivity index (χ0) is 14.0. The molecule has 1 aliphatic carbocycles. The second-order valence-electron chi connectivity index (χ2n) is 7.08. The number of likely N-dealkylation sites (tertiary alicyclic amines) is 1. The van der Waals surface area contributed by atoms with E-state index in [4.69, 9.17) is 4.74 Å². The standard InChI is InChI=1S/C16H32N2O/c1-6-18-9-7-8-13(11-18)12(2)17-14-10-15(19-5)16(14,3)4/h12-15,17H,6-11H2,1-5H3. The Bertz CT molecular complexity index is 292. The van der Waals surface area contributed by atoms with E-state index >= 15 is 0 Å². The predicted molar refractivity (Wildman–Crippen MR) is 80.4 cm³/mol. The number of piperidine rings is 1. The molecule has 0 aromatic carbocycles. The highest BCUT2D eigenvalue weighted by Crippen LogP contribution is 2.43. The molecule has 0 radical (unpaired) electrons. The van der Waals surface area contributed by atoms with Crippen LogP contribution in [0.4, 0.5) is 0 Å². The van der Waals surface area contributed by atoms with E-state index in [1.165, 1.54) is 32.5 Å². The summed E-state index contributed by atoms with van der Waals surface area (Å²) in [5.74, 6) is 0.811. The van der Waals surface area contributed by atoms with Gasteiger partial charge in [-0.2, -0.15) is 0 Å². The Morgan fingerprint density at radius 3 is 2.74 bits per heavy atom. The fraction of sp³-hybridized carbons (Fsp3) is 1.00. The third-order valence-corrected chi connectivity index (χ3v) is 5.62. The maximum Gasteiger partial charge on any atom is 0.0652 e. The van der Waals surface area contributed by atoms with Gasteiger partial charge in [0, 0.05) is 31.2 Å². The lowest BCUT2D eigenvalue weighted by molar-refractivity contribution is -0.102. The predicted octanol–water partition coefficient (Wildman–Crippen LogP) is 2.51. The summed E-state index contributed by atoms with van der Waals surface area (Å²) in [4.78, 5) is 2.59. The monoisotopic (exact) mass is 268 g/mol. The number of nitrogens with zero attached hydrogens (tertiary/aromatic N) is 1. The summed E-state index contributed by atoms with van der Waals surface area (Å²) in [7, 11) is 1.84. The largest absolute Gasteiger partial charge is 0.381 e. The van der Waals surface area contributed by atoms with Crippen molar-refractivity contribution in [1.29, 1.82) is 0 Å². The lowest BCUT2D eigenvalue weighted by Crippen LogP contribution is -2.63. The Morgan fingerprint density at radius 1 is 1.42 bits per heavy atom. The summed E-state index contributed by atoms with van der Waals surface area (Å²) in [6, 6.07) is 1.24. The van der Waals surface area contributed by atoms with Crippen molar-refractivity contribution in [3.63, 3.8) is 0 Å². The van der Waals surface area contributed by atoms with Crippen molar-refractivity contribution >= 4 is 0 Å². The number of rotatable bonds is 5. The van der Waals surface area contributed by atoms with E-state index in [1.807, 2.05) is 7.11 Å². The van der Waals surface area contributed by atoms with Crippen molar-refractivity contribution in [2.45, 2.75) is 65.1 Å². The summed E-state index contributed by atoms with van der Waals surface area (Å²) in [5.41, 5.74) is 0.280. The van der Waals surface area contributed by atoms with E-state index in [2.05, 4.69) is 37.9 Å². The second-order valence-corrected chi connectivity index (χ2v) is 7.08.